The molecule has 82 valence electrons. The summed E-state index contributed by atoms with van der Waals surface area (Å²) in [5.74, 6) is 0.818. The molecule has 0 fully saturated rings. The van der Waals surface area contributed by atoms with Gasteiger partial charge in [-0.2, -0.15) is 0 Å². The Kier molecular flexibility index (Phi) is 3.64. The van der Waals surface area contributed by atoms with E-state index in [1.165, 1.54) is 11.8 Å². The second kappa shape index (κ2) is 5.18. The van der Waals surface area contributed by atoms with Crippen LogP contribution >= 0.6 is 23.4 Å². The van der Waals surface area contributed by atoms with Gasteiger partial charge in [0.25, 0.3) is 0 Å². The lowest BCUT2D eigenvalue weighted by Gasteiger charge is -2.04. The third-order valence-electron chi connectivity index (χ3n) is 1.97. The Morgan fingerprint density at radius 3 is 2.75 bits per heavy atom. The maximum absolute atomic E-state index is 5.75. The lowest BCUT2D eigenvalue weighted by atomic mass is 10.2. The Morgan fingerprint density at radius 1 is 1.25 bits per heavy atom. The van der Waals surface area contributed by atoms with Gasteiger partial charge in [0.05, 0.1) is 11.9 Å². The van der Waals surface area contributed by atoms with Crippen LogP contribution in [0.1, 0.15) is 5.56 Å². The molecule has 0 radical (unpaired) electrons. The molecule has 0 atom stereocenters. The van der Waals surface area contributed by atoms with Gasteiger partial charge in [0.1, 0.15) is 5.03 Å². The highest BCUT2D eigenvalue weighted by Gasteiger charge is 2.04. The summed E-state index contributed by atoms with van der Waals surface area (Å²) in [6.45, 7) is 0. The summed E-state index contributed by atoms with van der Waals surface area (Å²) in [7, 11) is 0. The molecule has 0 aliphatic rings. The summed E-state index contributed by atoms with van der Waals surface area (Å²) < 4.78 is 0. The highest BCUT2D eigenvalue weighted by Crippen LogP contribution is 2.26. The van der Waals surface area contributed by atoms with Crippen LogP contribution in [0.5, 0.6) is 0 Å². The molecule has 0 bridgehead atoms. The first-order valence-corrected chi connectivity index (χ1v) is 6.07. The molecule has 1 heterocycles. The fourth-order valence-electron chi connectivity index (χ4n) is 1.20. The van der Waals surface area contributed by atoms with Crippen LogP contribution in [0.3, 0.4) is 0 Å². The zero-order valence-electron chi connectivity index (χ0n) is 8.43. The van der Waals surface area contributed by atoms with Crippen molar-refractivity contribution in [3.63, 3.8) is 0 Å². The molecular weight excluding hydrogens is 242 g/mol. The van der Waals surface area contributed by atoms with Crippen molar-refractivity contribution in [1.82, 2.24) is 9.97 Å². The summed E-state index contributed by atoms with van der Waals surface area (Å²) in [4.78, 5) is 7.89. The topological polar surface area (TPSA) is 51.8 Å². The molecule has 3 nitrogen and oxygen atoms in total. The van der Waals surface area contributed by atoms with Crippen molar-refractivity contribution < 1.29 is 0 Å². The lowest BCUT2D eigenvalue weighted by molar-refractivity contribution is 1.06. The fraction of sp³-hybridized carbons (Fsp3) is 0.0909. The smallest absolute Gasteiger partial charge is 0.223 e. The first-order chi connectivity index (χ1) is 7.75. The summed E-state index contributed by atoms with van der Waals surface area (Å²) in [6.07, 6.45) is 1.53. The van der Waals surface area contributed by atoms with E-state index in [0.29, 0.717) is 5.69 Å². The van der Waals surface area contributed by atoms with Crippen LogP contribution in [-0.2, 0) is 5.75 Å². The molecule has 0 spiro atoms. The standard InChI is InChI=1S/C11H10ClN3S/c12-11-14-6-9(13)10(15-11)16-7-8-4-2-1-3-5-8/h1-6H,7,13H2. The van der Waals surface area contributed by atoms with Gasteiger partial charge in [0.2, 0.25) is 5.28 Å². The molecule has 0 amide bonds. The van der Waals surface area contributed by atoms with E-state index in [-0.39, 0.29) is 5.28 Å². The molecule has 2 rings (SSSR count). The van der Waals surface area contributed by atoms with Crippen LogP contribution in [0, 0.1) is 0 Å². The molecular formula is C11H10ClN3S. The number of halogens is 1. The van der Waals surface area contributed by atoms with Gasteiger partial charge in [-0.05, 0) is 17.2 Å². The quantitative estimate of drug-likeness (QED) is 0.518. The average molecular weight is 252 g/mol. The molecule has 0 aliphatic heterocycles. The van der Waals surface area contributed by atoms with Gasteiger partial charge in [-0.1, -0.05) is 42.1 Å². The Balaban J connectivity index is 2.08. The van der Waals surface area contributed by atoms with E-state index in [4.69, 9.17) is 17.3 Å². The predicted molar refractivity (Wildman–Crippen MR) is 67.5 cm³/mol. The van der Waals surface area contributed by atoms with Gasteiger partial charge in [-0.15, -0.1) is 0 Å². The number of hydrogen-bond acceptors (Lipinski definition) is 4. The van der Waals surface area contributed by atoms with Gasteiger partial charge in [-0.3, -0.25) is 0 Å². The second-order valence-corrected chi connectivity index (χ2v) is 4.48. The molecule has 0 aliphatic carbocycles. The summed E-state index contributed by atoms with van der Waals surface area (Å²) in [5, 5.41) is 0.952. The normalized spacial score (nSPS) is 10.3. The monoisotopic (exact) mass is 251 g/mol. The zero-order chi connectivity index (χ0) is 11.4. The van der Waals surface area contributed by atoms with E-state index in [1.54, 1.807) is 11.8 Å². The predicted octanol–water partition coefficient (Wildman–Crippen LogP) is 3.00. The largest absolute Gasteiger partial charge is 0.395 e. The van der Waals surface area contributed by atoms with Crippen molar-refractivity contribution >= 4 is 29.1 Å². The molecule has 0 saturated heterocycles. The molecule has 0 unspecified atom stereocenters. The highest BCUT2D eigenvalue weighted by atomic mass is 35.5. The highest BCUT2D eigenvalue weighted by molar-refractivity contribution is 7.98. The van der Waals surface area contributed by atoms with E-state index in [1.807, 2.05) is 18.2 Å². The molecule has 1 aromatic carbocycles. The number of hydrogen-bond donors (Lipinski definition) is 1. The SMILES string of the molecule is Nc1cnc(Cl)nc1SCc1ccccc1. The maximum atomic E-state index is 5.75. The molecule has 16 heavy (non-hydrogen) atoms. The number of rotatable bonds is 3. The Bertz CT molecular complexity index is 476. The van der Waals surface area contributed by atoms with Gasteiger partial charge < -0.3 is 5.73 Å². The van der Waals surface area contributed by atoms with Crippen molar-refractivity contribution in [3.8, 4) is 0 Å². The summed E-state index contributed by atoms with van der Waals surface area (Å²) in [5.41, 5.74) is 7.53. The molecule has 2 N–H and O–H groups in total. The van der Waals surface area contributed by atoms with Crippen LogP contribution in [0.4, 0.5) is 5.69 Å². The van der Waals surface area contributed by atoms with Crippen molar-refractivity contribution in [3.05, 3.63) is 47.4 Å². The Labute approximate surface area is 103 Å². The first kappa shape index (κ1) is 11.2. The van der Waals surface area contributed by atoms with Crippen molar-refractivity contribution in [2.75, 3.05) is 5.73 Å². The van der Waals surface area contributed by atoms with Crippen molar-refractivity contribution in [2.45, 2.75) is 10.8 Å². The number of aromatic nitrogens is 2. The average Bonchev–Trinajstić information content (AvgIpc) is 2.32. The van der Waals surface area contributed by atoms with Crippen LogP contribution in [0.25, 0.3) is 0 Å². The number of nitrogen functional groups attached to an aromatic ring is 1. The second-order valence-electron chi connectivity index (χ2n) is 3.17. The fourth-order valence-corrected chi connectivity index (χ4v) is 2.25. The van der Waals surface area contributed by atoms with Gasteiger partial charge in [0.15, 0.2) is 0 Å². The first-order valence-electron chi connectivity index (χ1n) is 4.70. The van der Waals surface area contributed by atoms with Crippen molar-refractivity contribution in [2.24, 2.45) is 0 Å². The van der Waals surface area contributed by atoms with E-state index in [2.05, 4.69) is 22.1 Å². The number of anilines is 1. The number of nitrogens with zero attached hydrogens (tertiary/aromatic N) is 2. The minimum Gasteiger partial charge on any atom is -0.395 e. The van der Waals surface area contributed by atoms with E-state index < -0.39 is 0 Å². The summed E-state index contributed by atoms with van der Waals surface area (Å²) >= 11 is 7.26. The minimum atomic E-state index is 0.227. The van der Waals surface area contributed by atoms with E-state index >= 15 is 0 Å². The Hall–Kier alpha value is -1.26. The molecule has 0 saturated carbocycles. The van der Waals surface area contributed by atoms with E-state index in [0.717, 1.165) is 10.8 Å². The Morgan fingerprint density at radius 2 is 2.00 bits per heavy atom. The third-order valence-corrected chi connectivity index (χ3v) is 3.23. The van der Waals surface area contributed by atoms with Gasteiger partial charge in [-0.25, -0.2) is 9.97 Å². The van der Waals surface area contributed by atoms with Crippen molar-refractivity contribution in [1.29, 1.82) is 0 Å². The van der Waals surface area contributed by atoms with Crippen LogP contribution in [0.15, 0.2) is 41.6 Å². The maximum Gasteiger partial charge on any atom is 0.223 e. The molecule has 2 aromatic rings. The summed E-state index contributed by atoms with van der Waals surface area (Å²) in [6, 6.07) is 10.1. The number of thioether (sulfide) groups is 1. The van der Waals surface area contributed by atoms with Gasteiger partial charge in [0, 0.05) is 5.75 Å². The molecule has 1 aromatic heterocycles. The van der Waals surface area contributed by atoms with Crippen LogP contribution in [-0.4, -0.2) is 9.97 Å². The number of benzene rings is 1. The lowest BCUT2D eigenvalue weighted by Crippen LogP contribution is -1.94. The third kappa shape index (κ3) is 2.87. The van der Waals surface area contributed by atoms with Gasteiger partial charge >= 0.3 is 0 Å². The van der Waals surface area contributed by atoms with Crippen LogP contribution in [0.2, 0.25) is 5.28 Å². The molecule has 5 heteroatoms. The zero-order valence-corrected chi connectivity index (χ0v) is 10.0. The van der Waals surface area contributed by atoms with Crippen LogP contribution < -0.4 is 5.73 Å². The number of nitrogens with two attached hydrogens (primary N) is 1. The van der Waals surface area contributed by atoms with E-state index in [9.17, 15) is 0 Å². The minimum absolute atomic E-state index is 0.227.